The summed E-state index contributed by atoms with van der Waals surface area (Å²) in [6, 6.07) is 10.1. The Bertz CT molecular complexity index is 732. The summed E-state index contributed by atoms with van der Waals surface area (Å²) in [5.74, 6) is 0. The minimum Gasteiger partial charge on any atom is -0.450 e. The van der Waals surface area contributed by atoms with E-state index in [9.17, 15) is 13.2 Å². The highest BCUT2D eigenvalue weighted by Gasteiger charge is 2.31. The van der Waals surface area contributed by atoms with Gasteiger partial charge in [-0.05, 0) is 33.3 Å². The first-order valence-corrected chi connectivity index (χ1v) is 11.1. The topological polar surface area (TPSA) is 91.0 Å². The molecule has 1 aliphatic rings. The van der Waals surface area contributed by atoms with Gasteiger partial charge in [0.1, 0.15) is 0 Å². The average molecular weight is 413 g/mol. The molecule has 1 atom stereocenters. The van der Waals surface area contributed by atoms with Crippen molar-refractivity contribution < 1.29 is 17.9 Å². The highest BCUT2D eigenvalue weighted by molar-refractivity contribution is 7.87. The third-order valence-electron chi connectivity index (χ3n) is 4.71. The summed E-state index contributed by atoms with van der Waals surface area (Å²) in [6.45, 7) is 9.45. The highest BCUT2D eigenvalue weighted by atomic mass is 32.2. The lowest BCUT2D eigenvalue weighted by Gasteiger charge is -2.35. The van der Waals surface area contributed by atoms with Crippen LogP contribution in [-0.4, -0.2) is 68.6 Å². The SMILES string of the molecule is CCOC(=O)N1CCN(S(=O)(=O)NCC(C)(C)NC(C)c2ccccc2)CC1. The van der Waals surface area contributed by atoms with Crippen molar-refractivity contribution in [2.24, 2.45) is 0 Å². The van der Waals surface area contributed by atoms with Crippen LogP contribution in [0.5, 0.6) is 0 Å². The van der Waals surface area contributed by atoms with Crippen molar-refractivity contribution in [1.29, 1.82) is 0 Å². The number of benzene rings is 1. The number of carbonyl (C=O) groups is 1. The molecule has 1 fully saturated rings. The molecule has 8 nitrogen and oxygen atoms in total. The Morgan fingerprint density at radius 1 is 1.18 bits per heavy atom. The molecular formula is C19H32N4O4S. The molecular weight excluding hydrogens is 380 g/mol. The van der Waals surface area contributed by atoms with Gasteiger partial charge < -0.3 is 15.0 Å². The van der Waals surface area contributed by atoms with Crippen LogP contribution in [0.15, 0.2) is 30.3 Å². The first-order valence-electron chi connectivity index (χ1n) is 9.64. The van der Waals surface area contributed by atoms with E-state index in [0.717, 1.165) is 5.56 Å². The Kier molecular flexibility index (Phi) is 7.82. The van der Waals surface area contributed by atoms with E-state index in [4.69, 9.17) is 4.74 Å². The van der Waals surface area contributed by atoms with Crippen molar-refractivity contribution in [3.8, 4) is 0 Å². The van der Waals surface area contributed by atoms with Crippen LogP contribution in [0.3, 0.4) is 0 Å². The summed E-state index contributed by atoms with van der Waals surface area (Å²) in [7, 11) is -3.61. The van der Waals surface area contributed by atoms with Crippen LogP contribution in [0.1, 0.15) is 39.3 Å². The third-order valence-corrected chi connectivity index (χ3v) is 6.26. The van der Waals surface area contributed by atoms with Gasteiger partial charge in [0.25, 0.3) is 10.2 Å². The number of hydrogen-bond acceptors (Lipinski definition) is 5. The van der Waals surface area contributed by atoms with Gasteiger partial charge in [-0.3, -0.25) is 0 Å². The number of amides is 1. The molecule has 0 saturated carbocycles. The molecule has 2 rings (SSSR count). The second-order valence-electron chi connectivity index (χ2n) is 7.57. The summed E-state index contributed by atoms with van der Waals surface area (Å²) in [5.41, 5.74) is 0.711. The molecule has 9 heteroatoms. The molecule has 1 saturated heterocycles. The lowest BCUT2D eigenvalue weighted by atomic mass is 10.0. The second-order valence-corrected chi connectivity index (χ2v) is 9.33. The van der Waals surface area contributed by atoms with Crippen LogP contribution >= 0.6 is 0 Å². The van der Waals surface area contributed by atoms with E-state index in [2.05, 4.69) is 17.0 Å². The van der Waals surface area contributed by atoms with Gasteiger partial charge in [0.15, 0.2) is 0 Å². The zero-order valence-electron chi connectivity index (χ0n) is 17.1. The molecule has 158 valence electrons. The van der Waals surface area contributed by atoms with Gasteiger partial charge in [-0.1, -0.05) is 30.3 Å². The molecule has 1 heterocycles. The second kappa shape index (κ2) is 9.69. The van der Waals surface area contributed by atoms with Gasteiger partial charge in [0, 0.05) is 44.3 Å². The van der Waals surface area contributed by atoms with Crippen molar-refractivity contribution in [3.63, 3.8) is 0 Å². The highest BCUT2D eigenvalue weighted by Crippen LogP contribution is 2.16. The van der Waals surface area contributed by atoms with Crippen molar-refractivity contribution in [3.05, 3.63) is 35.9 Å². The molecule has 1 aromatic rings. The van der Waals surface area contributed by atoms with Gasteiger partial charge in [-0.25, -0.2) is 9.52 Å². The molecule has 0 aliphatic carbocycles. The van der Waals surface area contributed by atoms with E-state index >= 15 is 0 Å². The molecule has 0 bridgehead atoms. The smallest absolute Gasteiger partial charge is 0.409 e. The number of nitrogens with zero attached hydrogens (tertiary/aromatic N) is 2. The normalized spacial score (nSPS) is 17.4. The fourth-order valence-corrected chi connectivity index (χ4v) is 4.52. The van der Waals surface area contributed by atoms with E-state index in [1.54, 1.807) is 6.92 Å². The molecule has 0 spiro atoms. The maximum absolute atomic E-state index is 12.6. The first-order chi connectivity index (χ1) is 13.1. The van der Waals surface area contributed by atoms with Crippen molar-refractivity contribution in [2.75, 3.05) is 39.3 Å². The quantitative estimate of drug-likeness (QED) is 0.679. The van der Waals surface area contributed by atoms with E-state index in [-0.39, 0.29) is 25.7 Å². The molecule has 28 heavy (non-hydrogen) atoms. The van der Waals surface area contributed by atoms with E-state index < -0.39 is 21.8 Å². The summed E-state index contributed by atoms with van der Waals surface area (Å²) in [5, 5.41) is 3.47. The molecule has 1 aliphatic heterocycles. The van der Waals surface area contributed by atoms with Gasteiger partial charge >= 0.3 is 6.09 Å². The van der Waals surface area contributed by atoms with Gasteiger partial charge in [-0.2, -0.15) is 12.7 Å². The average Bonchev–Trinajstić information content (AvgIpc) is 2.67. The largest absolute Gasteiger partial charge is 0.450 e. The van der Waals surface area contributed by atoms with Crippen LogP contribution in [-0.2, 0) is 14.9 Å². The van der Waals surface area contributed by atoms with Crippen molar-refractivity contribution >= 4 is 16.3 Å². The zero-order chi connectivity index (χ0) is 20.8. The van der Waals surface area contributed by atoms with E-state index in [1.807, 2.05) is 44.2 Å². The predicted molar refractivity (Wildman–Crippen MR) is 109 cm³/mol. The Balaban J connectivity index is 1.86. The summed E-state index contributed by atoms with van der Waals surface area (Å²) in [4.78, 5) is 13.3. The van der Waals surface area contributed by atoms with Crippen LogP contribution in [0, 0.1) is 0 Å². The van der Waals surface area contributed by atoms with Crippen molar-refractivity contribution in [2.45, 2.75) is 39.3 Å². The van der Waals surface area contributed by atoms with Crippen LogP contribution in [0.2, 0.25) is 0 Å². The summed E-state index contributed by atoms with van der Waals surface area (Å²) < 4.78 is 34.3. The monoisotopic (exact) mass is 412 g/mol. The molecule has 1 aromatic carbocycles. The Hall–Kier alpha value is -1.68. The third kappa shape index (κ3) is 6.44. The lowest BCUT2D eigenvalue weighted by molar-refractivity contribution is 0.0932. The van der Waals surface area contributed by atoms with Gasteiger partial charge in [-0.15, -0.1) is 0 Å². The molecule has 1 unspecified atom stereocenters. The number of hydrogen-bond donors (Lipinski definition) is 2. The number of piperazine rings is 1. The fraction of sp³-hybridized carbons (Fsp3) is 0.632. The lowest BCUT2D eigenvalue weighted by Crippen LogP contribution is -2.56. The maximum Gasteiger partial charge on any atom is 0.409 e. The number of ether oxygens (including phenoxy) is 1. The van der Waals surface area contributed by atoms with Crippen molar-refractivity contribution in [1.82, 2.24) is 19.2 Å². The number of carbonyl (C=O) groups excluding carboxylic acids is 1. The molecule has 1 amide bonds. The standard InChI is InChI=1S/C19H32N4O4S/c1-5-27-18(24)22-11-13-23(14-12-22)28(25,26)20-15-19(3,4)21-16(2)17-9-7-6-8-10-17/h6-10,16,20-21H,5,11-15H2,1-4H3. The molecule has 2 N–H and O–H groups in total. The fourth-order valence-electron chi connectivity index (χ4n) is 3.15. The predicted octanol–water partition coefficient (Wildman–Crippen LogP) is 1.72. The zero-order valence-corrected chi connectivity index (χ0v) is 18.0. The number of rotatable bonds is 8. The first kappa shape index (κ1) is 22.6. The van der Waals surface area contributed by atoms with Crippen LogP contribution in [0.4, 0.5) is 4.79 Å². The minimum atomic E-state index is -3.61. The Morgan fingerprint density at radius 2 is 1.79 bits per heavy atom. The number of nitrogens with one attached hydrogen (secondary N) is 2. The maximum atomic E-state index is 12.6. The summed E-state index contributed by atoms with van der Waals surface area (Å²) >= 11 is 0. The van der Waals surface area contributed by atoms with Crippen LogP contribution < -0.4 is 10.0 Å². The Labute approximate surface area is 168 Å². The van der Waals surface area contributed by atoms with E-state index in [1.165, 1.54) is 9.21 Å². The van der Waals surface area contributed by atoms with E-state index in [0.29, 0.717) is 19.7 Å². The molecule has 0 radical (unpaired) electrons. The minimum absolute atomic E-state index is 0.0915. The summed E-state index contributed by atoms with van der Waals surface area (Å²) in [6.07, 6.45) is -0.396. The molecule has 0 aromatic heterocycles. The van der Waals surface area contributed by atoms with Gasteiger partial charge in [0.2, 0.25) is 0 Å². The Morgan fingerprint density at radius 3 is 2.36 bits per heavy atom. The van der Waals surface area contributed by atoms with Gasteiger partial charge in [0.05, 0.1) is 6.61 Å². The van der Waals surface area contributed by atoms with Crippen LogP contribution in [0.25, 0.3) is 0 Å².